The number of H-pyrrole nitrogens is 3. The Morgan fingerprint density at radius 1 is 0.509 bits per heavy atom. The van der Waals surface area contributed by atoms with E-state index in [1.807, 2.05) is 0 Å². The number of carbonyl (C=O) groups is 6. The zero-order valence-corrected chi connectivity index (χ0v) is 29.3. The van der Waals surface area contributed by atoms with Crippen LogP contribution in [0.2, 0.25) is 0 Å². The maximum atomic E-state index is 14.3. The van der Waals surface area contributed by atoms with Crippen molar-refractivity contribution in [3.05, 3.63) is 107 Å². The second kappa shape index (κ2) is 16.9. The topological polar surface area (TPSA) is 211 Å². The molecule has 15 heteroatoms. The Hall–Kier alpha value is -6.90. The van der Waals surface area contributed by atoms with Crippen LogP contribution in [0.4, 0.5) is 11.6 Å². The zero-order chi connectivity index (χ0) is 38.1. The fourth-order valence-electron chi connectivity index (χ4n) is 5.59. The lowest BCUT2D eigenvalue weighted by Gasteiger charge is -2.11. The van der Waals surface area contributed by atoms with E-state index < -0.39 is 35.7 Å². The van der Waals surface area contributed by atoms with E-state index in [4.69, 9.17) is 18.9 Å². The van der Waals surface area contributed by atoms with Crippen LogP contribution in [0, 0.1) is 0 Å². The van der Waals surface area contributed by atoms with Crippen molar-refractivity contribution < 1.29 is 47.7 Å². The maximum Gasteiger partial charge on any atom is 0.342 e. The van der Waals surface area contributed by atoms with E-state index in [1.165, 1.54) is 12.4 Å². The molecule has 0 saturated heterocycles. The highest BCUT2D eigenvalue weighted by molar-refractivity contribution is 6.19. The predicted molar refractivity (Wildman–Crippen MR) is 193 cm³/mol. The highest BCUT2D eigenvalue weighted by Gasteiger charge is 2.32. The molecule has 0 radical (unpaired) electrons. The Balaban J connectivity index is 1.67. The number of amides is 2. The molecule has 0 aliphatic heterocycles. The minimum atomic E-state index is -0.877. The third-order valence-corrected chi connectivity index (χ3v) is 7.77. The number of anilines is 2. The van der Waals surface area contributed by atoms with Crippen LogP contribution in [0.1, 0.15) is 90.1 Å². The normalized spacial score (nSPS) is 10.6. The van der Waals surface area contributed by atoms with Crippen LogP contribution in [-0.2, 0) is 18.9 Å². The quantitative estimate of drug-likeness (QED) is 0.0645. The summed E-state index contributed by atoms with van der Waals surface area (Å²) >= 11 is 0. The van der Waals surface area contributed by atoms with Crippen LogP contribution in [0.25, 0.3) is 22.3 Å². The summed E-state index contributed by atoms with van der Waals surface area (Å²) in [6, 6.07) is 17.6. The molecule has 0 aliphatic carbocycles. The summed E-state index contributed by atoms with van der Waals surface area (Å²) in [5, 5.41) is 5.31. The summed E-state index contributed by atoms with van der Waals surface area (Å²) in [5.74, 6) is -5.24. The summed E-state index contributed by atoms with van der Waals surface area (Å²) < 4.78 is 20.5. The number of nitrogens with one attached hydrogen (secondary N) is 5. The third kappa shape index (κ3) is 7.88. The van der Waals surface area contributed by atoms with Crippen LogP contribution >= 0.6 is 0 Å². The van der Waals surface area contributed by atoms with Crippen LogP contribution in [0.15, 0.2) is 73.1 Å². The van der Waals surface area contributed by atoms with Crippen LogP contribution in [0.5, 0.6) is 0 Å². The number of benzene rings is 2. The van der Waals surface area contributed by atoms with Gasteiger partial charge in [-0.25, -0.2) is 19.2 Å². The Morgan fingerprint density at radius 3 is 1.19 bits per heavy atom. The Morgan fingerprint density at radius 2 is 0.849 bits per heavy atom. The number of esters is 4. The average Bonchev–Trinajstić information content (AvgIpc) is 3.88. The van der Waals surface area contributed by atoms with Gasteiger partial charge in [-0.2, -0.15) is 0 Å². The lowest BCUT2D eigenvalue weighted by atomic mass is 9.94. The van der Waals surface area contributed by atoms with E-state index in [2.05, 4.69) is 25.6 Å². The summed E-state index contributed by atoms with van der Waals surface area (Å²) in [4.78, 5) is 88.6. The standard InChI is InChI=1S/C38H37N5O10/c1-5-50-35(46)23-19-39-31(27(23)37(48)52-7-3)42-33(44)29-25(21-15-11-9-12-16-21)26(22-17-13-10-14-18-22)30(41-29)34(45)43-32-28(38(49)53-8-4)24(20-40-32)36(47)51-6-2/h9-20,39-41H,5-8H2,1-4H3,(H,42,44)(H,43,45). The monoisotopic (exact) mass is 723 g/mol. The van der Waals surface area contributed by atoms with Gasteiger partial charge >= 0.3 is 23.9 Å². The molecule has 3 heterocycles. The molecule has 0 saturated carbocycles. The number of carbonyl (C=O) groups excluding carboxylic acids is 6. The van der Waals surface area contributed by atoms with Crippen LogP contribution in [0.3, 0.4) is 0 Å². The number of hydrogen-bond donors (Lipinski definition) is 5. The van der Waals surface area contributed by atoms with Crippen molar-refractivity contribution in [2.75, 3.05) is 37.1 Å². The zero-order valence-electron chi connectivity index (χ0n) is 29.3. The van der Waals surface area contributed by atoms with Gasteiger partial charge < -0.3 is 44.5 Å². The van der Waals surface area contributed by atoms with Gasteiger partial charge in [-0.3, -0.25) is 9.59 Å². The summed E-state index contributed by atoms with van der Waals surface area (Å²) in [6.45, 7) is 6.47. The van der Waals surface area contributed by atoms with Crippen molar-refractivity contribution in [2.24, 2.45) is 0 Å². The summed E-state index contributed by atoms with van der Waals surface area (Å²) in [6.07, 6.45) is 2.45. The summed E-state index contributed by atoms with van der Waals surface area (Å²) in [5.41, 5.74) is 0.764. The lowest BCUT2D eigenvalue weighted by molar-refractivity contribution is 0.0481. The van der Waals surface area contributed by atoms with Gasteiger partial charge in [-0.15, -0.1) is 0 Å². The molecule has 2 amide bonds. The SMILES string of the molecule is CCOC(=O)c1c[nH]c(NC(=O)c2[nH]c(C(=O)Nc3[nH]cc(C(=O)OCC)c3C(=O)OCC)c(-c3ccccc3)c2-c2ccccc2)c1C(=O)OCC. The van der Waals surface area contributed by atoms with Crippen molar-refractivity contribution in [1.29, 1.82) is 0 Å². The van der Waals surface area contributed by atoms with E-state index in [0.717, 1.165) is 0 Å². The lowest BCUT2D eigenvalue weighted by Crippen LogP contribution is -2.20. The average molecular weight is 724 g/mol. The molecule has 53 heavy (non-hydrogen) atoms. The van der Waals surface area contributed by atoms with E-state index >= 15 is 0 Å². The molecule has 2 aromatic carbocycles. The van der Waals surface area contributed by atoms with Crippen molar-refractivity contribution in [1.82, 2.24) is 15.0 Å². The Labute approximate surface area is 303 Å². The van der Waals surface area contributed by atoms with Gasteiger partial charge in [0, 0.05) is 23.5 Å². The molecule has 0 aliphatic rings. The molecule has 0 spiro atoms. The molecule has 0 unspecified atom stereocenters. The number of ether oxygens (including phenoxy) is 4. The predicted octanol–water partition coefficient (Wildman–Crippen LogP) is 6.22. The van der Waals surface area contributed by atoms with Gasteiger partial charge in [-0.05, 0) is 38.8 Å². The first-order valence-corrected chi connectivity index (χ1v) is 16.8. The Bertz CT molecular complexity index is 2000. The van der Waals surface area contributed by atoms with E-state index in [0.29, 0.717) is 22.3 Å². The fraction of sp³-hybridized carbons (Fsp3) is 0.211. The van der Waals surface area contributed by atoms with Crippen molar-refractivity contribution in [3.8, 4) is 22.3 Å². The maximum absolute atomic E-state index is 14.3. The second-order valence-electron chi connectivity index (χ2n) is 11.1. The van der Waals surface area contributed by atoms with E-state index in [1.54, 1.807) is 88.4 Å². The number of aromatic amines is 3. The molecule has 0 atom stereocenters. The minimum Gasteiger partial charge on any atom is -0.462 e. The van der Waals surface area contributed by atoms with Crippen molar-refractivity contribution in [2.45, 2.75) is 27.7 Å². The van der Waals surface area contributed by atoms with Crippen LogP contribution < -0.4 is 10.6 Å². The minimum absolute atomic E-state index is 0.00662. The highest BCUT2D eigenvalue weighted by Crippen LogP contribution is 2.39. The first-order chi connectivity index (χ1) is 25.6. The molecule has 5 N–H and O–H groups in total. The van der Waals surface area contributed by atoms with Gasteiger partial charge in [-0.1, -0.05) is 60.7 Å². The number of hydrogen-bond acceptors (Lipinski definition) is 10. The first kappa shape index (κ1) is 37.4. The number of rotatable bonds is 14. The molecule has 274 valence electrons. The Kier molecular flexibility index (Phi) is 11.9. The van der Waals surface area contributed by atoms with E-state index in [9.17, 15) is 28.8 Å². The molecule has 0 bridgehead atoms. The largest absolute Gasteiger partial charge is 0.462 e. The molecule has 15 nitrogen and oxygen atoms in total. The molecule has 0 fully saturated rings. The van der Waals surface area contributed by atoms with Gasteiger partial charge in [0.1, 0.15) is 34.2 Å². The summed E-state index contributed by atoms with van der Waals surface area (Å²) in [7, 11) is 0. The molecule has 3 aromatic heterocycles. The number of aromatic nitrogens is 3. The van der Waals surface area contributed by atoms with Gasteiger partial charge in [0.2, 0.25) is 0 Å². The highest BCUT2D eigenvalue weighted by atomic mass is 16.5. The van der Waals surface area contributed by atoms with Crippen molar-refractivity contribution >= 4 is 47.3 Å². The van der Waals surface area contributed by atoms with Crippen molar-refractivity contribution in [3.63, 3.8) is 0 Å². The van der Waals surface area contributed by atoms with Gasteiger partial charge in [0.25, 0.3) is 11.8 Å². The van der Waals surface area contributed by atoms with Crippen LogP contribution in [-0.4, -0.2) is 77.1 Å². The third-order valence-electron chi connectivity index (χ3n) is 7.77. The molecule has 5 rings (SSSR count). The molecular formula is C38H37N5O10. The van der Waals surface area contributed by atoms with E-state index in [-0.39, 0.29) is 71.7 Å². The second-order valence-corrected chi connectivity index (χ2v) is 11.1. The first-order valence-electron chi connectivity index (χ1n) is 16.8. The fourth-order valence-corrected chi connectivity index (χ4v) is 5.59. The van der Waals surface area contributed by atoms with Gasteiger partial charge in [0.05, 0.1) is 37.6 Å². The molecular weight excluding hydrogens is 686 g/mol. The smallest absolute Gasteiger partial charge is 0.342 e. The molecule has 5 aromatic rings. The van der Waals surface area contributed by atoms with Gasteiger partial charge in [0.15, 0.2) is 0 Å².